The highest BCUT2D eigenvalue weighted by Crippen LogP contribution is 2.53. The minimum Gasteiger partial charge on any atom is -0.472 e. The second kappa shape index (κ2) is 10.3. The predicted octanol–water partition coefficient (Wildman–Crippen LogP) is 7.11. The van der Waals surface area contributed by atoms with Crippen LogP contribution in [0.1, 0.15) is 92.1 Å². The van der Waals surface area contributed by atoms with E-state index in [1.54, 1.807) is 11.8 Å². The fourth-order valence-electron chi connectivity index (χ4n) is 5.00. The molecule has 1 fully saturated rings. The van der Waals surface area contributed by atoms with Gasteiger partial charge in [0.1, 0.15) is 0 Å². The molecule has 1 saturated carbocycles. The molecule has 1 heterocycles. The maximum atomic E-state index is 12.4. The highest BCUT2D eigenvalue weighted by atomic mass is 16.5. The van der Waals surface area contributed by atoms with Gasteiger partial charge in [-0.25, -0.2) is 0 Å². The van der Waals surface area contributed by atoms with Gasteiger partial charge < -0.3 is 9.15 Å². The number of hydrogen-bond acceptors (Lipinski definition) is 3. The monoisotopic (exact) mass is 388 g/mol. The minimum atomic E-state index is -0.0375. The second-order valence-corrected chi connectivity index (χ2v) is 9.28. The van der Waals surface area contributed by atoms with Crippen LogP contribution in [0, 0.1) is 17.3 Å². The quantitative estimate of drug-likeness (QED) is 0.334. The predicted molar refractivity (Wildman–Crippen MR) is 115 cm³/mol. The molecule has 0 spiro atoms. The van der Waals surface area contributed by atoms with Crippen LogP contribution in [-0.4, -0.2) is 12.1 Å². The van der Waals surface area contributed by atoms with Gasteiger partial charge in [-0.05, 0) is 88.2 Å². The molecule has 1 aromatic heterocycles. The van der Waals surface area contributed by atoms with Crippen LogP contribution >= 0.6 is 0 Å². The maximum absolute atomic E-state index is 12.4. The number of hydrogen-bond donors (Lipinski definition) is 0. The van der Waals surface area contributed by atoms with Gasteiger partial charge in [-0.2, -0.15) is 0 Å². The SMILES string of the molecule is CCC[C@@H](C)OC(=O)CC[C@@H]1C(=C(C)C)CC[C@@H](C)[C@]1(C)CCc1ccoc1. The van der Waals surface area contributed by atoms with Crippen molar-refractivity contribution in [2.24, 2.45) is 17.3 Å². The van der Waals surface area contributed by atoms with Crippen molar-refractivity contribution < 1.29 is 13.9 Å². The van der Waals surface area contributed by atoms with Crippen LogP contribution in [0.25, 0.3) is 0 Å². The van der Waals surface area contributed by atoms with Gasteiger partial charge in [-0.1, -0.05) is 38.3 Å². The summed E-state index contributed by atoms with van der Waals surface area (Å²) in [5, 5.41) is 0. The maximum Gasteiger partial charge on any atom is 0.306 e. The molecular formula is C25H40O3. The van der Waals surface area contributed by atoms with Crippen LogP contribution in [0.5, 0.6) is 0 Å². The fraction of sp³-hybridized carbons (Fsp3) is 0.720. The Labute approximate surface area is 171 Å². The zero-order chi connectivity index (χ0) is 20.7. The summed E-state index contributed by atoms with van der Waals surface area (Å²) < 4.78 is 10.9. The van der Waals surface area contributed by atoms with E-state index >= 15 is 0 Å². The molecule has 4 atom stereocenters. The van der Waals surface area contributed by atoms with E-state index in [9.17, 15) is 4.79 Å². The molecule has 28 heavy (non-hydrogen) atoms. The molecular weight excluding hydrogens is 348 g/mol. The first-order valence-corrected chi connectivity index (χ1v) is 11.1. The van der Waals surface area contributed by atoms with E-state index in [0.717, 1.165) is 38.5 Å². The van der Waals surface area contributed by atoms with Gasteiger partial charge in [0.25, 0.3) is 0 Å². The van der Waals surface area contributed by atoms with Crippen molar-refractivity contribution in [2.45, 2.75) is 99.0 Å². The van der Waals surface area contributed by atoms with E-state index in [1.165, 1.54) is 17.6 Å². The molecule has 0 N–H and O–H groups in total. The van der Waals surface area contributed by atoms with Gasteiger partial charge in [0.15, 0.2) is 0 Å². The Kier molecular flexibility index (Phi) is 8.39. The number of allylic oxidation sites excluding steroid dienone is 2. The Morgan fingerprint density at radius 2 is 2.14 bits per heavy atom. The van der Waals surface area contributed by atoms with Crippen molar-refractivity contribution in [3.05, 3.63) is 35.3 Å². The molecule has 0 aromatic carbocycles. The molecule has 0 radical (unpaired) electrons. The van der Waals surface area contributed by atoms with Crippen LogP contribution < -0.4 is 0 Å². The summed E-state index contributed by atoms with van der Waals surface area (Å²) in [6.45, 7) is 13.4. The zero-order valence-electron chi connectivity index (χ0n) is 18.8. The van der Waals surface area contributed by atoms with Crippen LogP contribution in [0.3, 0.4) is 0 Å². The molecule has 1 aliphatic carbocycles. The number of carbonyl (C=O) groups excluding carboxylic acids is 1. The van der Waals surface area contributed by atoms with E-state index in [0.29, 0.717) is 18.3 Å². The number of esters is 1. The average Bonchev–Trinajstić information content (AvgIpc) is 3.15. The largest absolute Gasteiger partial charge is 0.472 e. The van der Waals surface area contributed by atoms with E-state index in [1.807, 2.05) is 13.2 Å². The number of rotatable bonds is 9. The first-order valence-electron chi connectivity index (χ1n) is 11.1. The van der Waals surface area contributed by atoms with Gasteiger partial charge in [0, 0.05) is 6.42 Å². The fourth-order valence-corrected chi connectivity index (χ4v) is 5.00. The third-order valence-electron chi connectivity index (χ3n) is 7.03. The van der Waals surface area contributed by atoms with E-state index in [4.69, 9.17) is 9.15 Å². The lowest BCUT2D eigenvalue weighted by Gasteiger charge is -2.49. The van der Waals surface area contributed by atoms with Gasteiger partial charge in [0.2, 0.25) is 0 Å². The summed E-state index contributed by atoms with van der Waals surface area (Å²) in [6, 6.07) is 2.07. The highest BCUT2D eigenvalue weighted by molar-refractivity contribution is 5.69. The van der Waals surface area contributed by atoms with E-state index in [2.05, 4.69) is 40.7 Å². The minimum absolute atomic E-state index is 0.0261. The molecule has 158 valence electrons. The lowest BCUT2D eigenvalue weighted by molar-refractivity contribution is -0.149. The number of ether oxygens (including phenoxy) is 1. The lowest BCUT2D eigenvalue weighted by atomic mass is 9.56. The molecule has 0 saturated heterocycles. The summed E-state index contributed by atoms with van der Waals surface area (Å²) in [5.41, 5.74) is 4.46. The molecule has 0 unspecified atom stereocenters. The van der Waals surface area contributed by atoms with Crippen LogP contribution in [-0.2, 0) is 16.0 Å². The highest BCUT2D eigenvalue weighted by Gasteiger charge is 2.43. The Hall–Kier alpha value is -1.51. The van der Waals surface area contributed by atoms with Crippen LogP contribution in [0.2, 0.25) is 0 Å². The van der Waals surface area contributed by atoms with Crippen molar-refractivity contribution in [3.8, 4) is 0 Å². The molecule has 3 nitrogen and oxygen atoms in total. The smallest absolute Gasteiger partial charge is 0.306 e. The summed E-state index contributed by atoms with van der Waals surface area (Å²) in [4.78, 5) is 12.4. The first-order chi connectivity index (χ1) is 13.3. The molecule has 0 aliphatic heterocycles. The normalized spacial score (nSPS) is 26.1. The second-order valence-electron chi connectivity index (χ2n) is 9.28. The number of aryl methyl sites for hydroxylation is 1. The van der Waals surface area contributed by atoms with Gasteiger partial charge in [-0.3, -0.25) is 4.79 Å². The van der Waals surface area contributed by atoms with Crippen LogP contribution in [0.4, 0.5) is 0 Å². The topological polar surface area (TPSA) is 39.4 Å². The van der Waals surface area contributed by atoms with Crippen molar-refractivity contribution in [3.63, 3.8) is 0 Å². The standard InChI is InChI=1S/C25H40O3/c1-7-8-20(5)28-24(26)12-11-23-22(18(2)3)10-9-19(4)25(23,6)15-13-21-14-16-27-17-21/h14,16-17,19-20,23H,7-13,15H2,1-6H3/t19-,20-,23-,25+/m1/s1. The van der Waals surface area contributed by atoms with E-state index < -0.39 is 0 Å². The van der Waals surface area contributed by atoms with Crippen molar-refractivity contribution in [1.29, 1.82) is 0 Å². The van der Waals surface area contributed by atoms with Gasteiger partial charge >= 0.3 is 5.97 Å². The first kappa shape index (κ1) is 22.8. The Morgan fingerprint density at radius 1 is 1.39 bits per heavy atom. The molecule has 0 bridgehead atoms. The van der Waals surface area contributed by atoms with Crippen molar-refractivity contribution in [1.82, 2.24) is 0 Å². The average molecular weight is 389 g/mol. The van der Waals surface area contributed by atoms with Crippen molar-refractivity contribution in [2.75, 3.05) is 0 Å². The van der Waals surface area contributed by atoms with Crippen molar-refractivity contribution >= 4 is 5.97 Å². The summed E-state index contributed by atoms with van der Waals surface area (Å²) in [6.07, 6.45) is 11.6. The van der Waals surface area contributed by atoms with E-state index in [-0.39, 0.29) is 17.5 Å². The molecule has 0 amide bonds. The Morgan fingerprint density at radius 3 is 2.75 bits per heavy atom. The summed E-state index contributed by atoms with van der Waals surface area (Å²) >= 11 is 0. The third-order valence-corrected chi connectivity index (χ3v) is 7.03. The number of furan rings is 1. The molecule has 1 aliphatic rings. The van der Waals surface area contributed by atoms with Crippen LogP contribution in [0.15, 0.2) is 34.2 Å². The molecule has 2 rings (SSSR count). The molecule has 1 aromatic rings. The summed E-state index contributed by atoms with van der Waals surface area (Å²) in [7, 11) is 0. The Balaban J connectivity index is 2.12. The Bertz CT molecular complexity index is 639. The molecule has 3 heteroatoms. The third kappa shape index (κ3) is 5.75. The van der Waals surface area contributed by atoms with Gasteiger partial charge in [-0.15, -0.1) is 0 Å². The van der Waals surface area contributed by atoms with Gasteiger partial charge in [0.05, 0.1) is 18.6 Å². The summed E-state index contributed by atoms with van der Waals surface area (Å²) in [5.74, 6) is 1.05. The lowest BCUT2D eigenvalue weighted by Crippen LogP contribution is -2.40. The zero-order valence-corrected chi connectivity index (χ0v) is 18.8. The number of carbonyl (C=O) groups is 1.